The SMILES string of the molecule is Cn1nnnc1SC[C@@H]1C[C@H](c2ccc(CO)cc2)O[C@H](c2ccc(CNC(=O)C(Cl)(Cl)Cl)cc2)O1. The number of tetrazole rings is 1. The number of carbonyl (C=O) groups is 1. The molecule has 192 valence electrons. The number of nitrogens with zero attached hydrogens (tertiary/aromatic N) is 4. The molecule has 3 atom stereocenters. The van der Waals surface area contributed by atoms with Crippen molar-refractivity contribution in [3.63, 3.8) is 0 Å². The van der Waals surface area contributed by atoms with Gasteiger partial charge in [0.15, 0.2) is 6.29 Å². The monoisotopic (exact) mass is 571 g/mol. The number of carbonyl (C=O) groups excluding carboxylic acids is 1. The number of aliphatic hydroxyl groups is 1. The number of aliphatic hydroxyl groups excluding tert-OH is 1. The average molecular weight is 573 g/mol. The Morgan fingerprint density at radius 3 is 2.39 bits per heavy atom. The first-order valence-corrected chi connectivity index (χ1v) is 13.1. The topological polar surface area (TPSA) is 111 Å². The lowest BCUT2D eigenvalue weighted by atomic mass is 10.0. The lowest BCUT2D eigenvalue weighted by Gasteiger charge is -2.36. The Morgan fingerprint density at radius 1 is 1.11 bits per heavy atom. The zero-order valence-corrected chi connectivity index (χ0v) is 22.3. The van der Waals surface area contributed by atoms with E-state index >= 15 is 0 Å². The van der Waals surface area contributed by atoms with Crippen molar-refractivity contribution in [2.24, 2.45) is 7.05 Å². The number of halogens is 3. The molecule has 1 fully saturated rings. The van der Waals surface area contributed by atoms with Gasteiger partial charge in [0.05, 0.1) is 18.8 Å². The molecule has 0 saturated carbocycles. The molecule has 1 aromatic heterocycles. The van der Waals surface area contributed by atoms with E-state index in [4.69, 9.17) is 44.3 Å². The molecule has 2 N–H and O–H groups in total. The Hall–Kier alpha value is -1.92. The van der Waals surface area contributed by atoms with E-state index in [0.29, 0.717) is 17.3 Å². The number of rotatable bonds is 8. The smallest absolute Gasteiger partial charge is 0.272 e. The first-order chi connectivity index (χ1) is 17.2. The van der Waals surface area contributed by atoms with Crippen LogP contribution in [0.2, 0.25) is 0 Å². The molecule has 1 amide bonds. The summed E-state index contributed by atoms with van der Waals surface area (Å²) in [6.07, 6.45) is -0.289. The molecule has 1 aliphatic heterocycles. The van der Waals surface area contributed by atoms with Crippen LogP contribution in [-0.2, 0) is 34.5 Å². The van der Waals surface area contributed by atoms with Crippen molar-refractivity contribution in [2.45, 2.75) is 47.0 Å². The lowest BCUT2D eigenvalue weighted by Crippen LogP contribution is -2.34. The third kappa shape index (κ3) is 7.10. The van der Waals surface area contributed by atoms with Gasteiger partial charge in [0, 0.05) is 31.3 Å². The highest BCUT2D eigenvalue weighted by Gasteiger charge is 2.33. The molecule has 0 spiro atoms. The van der Waals surface area contributed by atoms with Gasteiger partial charge in [-0.3, -0.25) is 4.79 Å². The second-order valence-electron chi connectivity index (χ2n) is 8.17. The van der Waals surface area contributed by atoms with Crippen LogP contribution in [0.25, 0.3) is 0 Å². The molecule has 2 heterocycles. The summed E-state index contributed by atoms with van der Waals surface area (Å²) in [5.41, 5.74) is 3.50. The third-order valence-electron chi connectivity index (χ3n) is 5.56. The maximum absolute atomic E-state index is 11.8. The number of nitrogens with one attached hydrogen (secondary N) is 1. The largest absolute Gasteiger partial charge is 0.392 e. The van der Waals surface area contributed by atoms with Gasteiger partial charge in [-0.2, -0.15) is 0 Å². The van der Waals surface area contributed by atoms with Gasteiger partial charge < -0.3 is 19.9 Å². The van der Waals surface area contributed by atoms with Crippen LogP contribution in [0.1, 0.15) is 41.1 Å². The van der Waals surface area contributed by atoms with Crippen LogP contribution >= 0.6 is 46.6 Å². The number of hydrogen-bond acceptors (Lipinski definition) is 8. The minimum atomic E-state index is -2.01. The summed E-state index contributed by atoms with van der Waals surface area (Å²) in [6.45, 7) is 0.196. The average Bonchev–Trinajstić information content (AvgIpc) is 3.30. The Balaban J connectivity index is 1.47. The van der Waals surface area contributed by atoms with Crippen molar-refractivity contribution in [1.82, 2.24) is 25.5 Å². The standard InChI is InChI=1S/C23H24Cl3N5O4S/c1-31-22(28-29-30-31)36-13-18-10-19(16-6-4-15(12-32)5-7-16)35-20(34-18)17-8-2-14(3-9-17)11-27-21(33)23(24,25)26/h2-9,18-20,32H,10-13H2,1H3,(H,27,33)/t18-,19+,20+/m0/s1. The molecule has 1 aliphatic rings. The van der Waals surface area contributed by atoms with Gasteiger partial charge in [-0.15, -0.1) is 5.10 Å². The first kappa shape index (κ1) is 27.1. The van der Waals surface area contributed by atoms with Gasteiger partial charge >= 0.3 is 0 Å². The predicted octanol–water partition coefficient (Wildman–Crippen LogP) is 4.03. The molecule has 4 rings (SSSR count). The molecule has 9 nitrogen and oxygen atoms in total. The number of aryl methyl sites for hydroxylation is 1. The van der Waals surface area contributed by atoms with Crippen molar-refractivity contribution < 1.29 is 19.4 Å². The maximum atomic E-state index is 11.8. The van der Waals surface area contributed by atoms with Crippen LogP contribution in [0.5, 0.6) is 0 Å². The van der Waals surface area contributed by atoms with E-state index in [1.165, 1.54) is 11.8 Å². The molecule has 0 radical (unpaired) electrons. The number of alkyl halides is 3. The molecular weight excluding hydrogens is 549 g/mol. The summed E-state index contributed by atoms with van der Waals surface area (Å²) in [5, 5.41) is 24.2. The van der Waals surface area contributed by atoms with E-state index in [1.807, 2.05) is 48.5 Å². The molecule has 3 aromatic rings. The highest BCUT2D eigenvalue weighted by Crippen LogP contribution is 2.39. The van der Waals surface area contributed by atoms with Crippen molar-refractivity contribution >= 4 is 52.5 Å². The zero-order valence-electron chi connectivity index (χ0n) is 19.2. The molecule has 0 unspecified atom stereocenters. The Bertz CT molecular complexity index is 1160. The van der Waals surface area contributed by atoms with Crippen molar-refractivity contribution in [2.75, 3.05) is 5.75 Å². The Kier molecular flexibility index (Phi) is 9.10. The molecule has 1 saturated heterocycles. The fourth-order valence-electron chi connectivity index (χ4n) is 3.61. The van der Waals surface area contributed by atoms with E-state index in [1.54, 1.807) is 11.7 Å². The number of ether oxygens (including phenoxy) is 2. The molecular formula is C23H24Cl3N5O4S. The van der Waals surface area contributed by atoms with E-state index in [2.05, 4.69) is 20.8 Å². The van der Waals surface area contributed by atoms with E-state index in [-0.39, 0.29) is 25.4 Å². The van der Waals surface area contributed by atoms with Crippen LogP contribution in [0, 0.1) is 0 Å². The van der Waals surface area contributed by atoms with Gasteiger partial charge in [0.2, 0.25) is 5.16 Å². The number of thioether (sulfide) groups is 1. The minimum absolute atomic E-state index is 0.0169. The Labute approximate surface area is 227 Å². The second-order valence-corrected chi connectivity index (χ2v) is 11.4. The highest BCUT2D eigenvalue weighted by molar-refractivity contribution is 7.99. The van der Waals surface area contributed by atoms with Crippen molar-refractivity contribution in [3.05, 3.63) is 70.8 Å². The molecule has 2 aromatic carbocycles. The van der Waals surface area contributed by atoms with Crippen LogP contribution in [-0.4, -0.2) is 46.9 Å². The van der Waals surface area contributed by atoms with Crippen LogP contribution in [0.4, 0.5) is 0 Å². The summed E-state index contributed by atoms with van der Waals surface area (Å²) in [4.78, 5) is 11.8. The van der Waals surface area contributed by atoms with Gasteiger partial charge in [0.1, 0.15) is 0 Å². The minimum Gasteiger partial charge on any atom is -0.392 e. The quantitative estimate of drug-likeness (QED) is 0.308. The lowest BCUT2D eigenvalue weighted by molar-refractivity contribution is -0.245. The fraction of sp³-hybridized carbons (Fsp3) is 0.391. The number of benzene rings is 2. The number of aromatic nitrogens is 4. The van der Waals surface area contributed by atoms with E-state index < -0.39 is 16.0 Å². The van der Waals surface area contributed by atoms with Crippen LogP contribution in [0.15, 0.2) is 53.7 Å². The van der Waals surface area contributed by atoms with Crippen molar-refractivity contribution in [3.8, 4) is 0 Å². The summed E-state index contributed by atoms with van der Waals surface area (Å²) in [7, 11) is 1.79. The number of hydrogen-bond donors (Lipinski definition) is 2. The molecule has 0 bridgehead atoms. The third-order valence-corrected chi connectivity index (χ3v) is 7.21. The first-order valence-electron chi connectivity index (χ1n) is 11.0. The molecule has 36 heavy (non-hydrogen) atoms. The van der Waals surface area contributed by atoms with Gasteiger partial charge in [-0.25, -0.2) is 4.68 Å². The summed E-state index contributed by atoms with van der Waals surface area (Å²) < 4.78 is 12.3. The maximum Gasteiger partial charge on any atom is 0.272 e. The number of amides is 1. The van der Waals surface area contributed by atoms with Crippen LogP contribution < -0.4 is 5.32 Å². The van der Waals surface area contributed by atoms with Gasteiger partial charge in [0.25, 0.3) is 9.70 Å². The predicted molar refractivity (Wildman–Crippen MR) is 137 cm³/mol. The van der Waals surface area contributed by atoms with Crippen molar-refractivity contribution in [1.29, 1.82) is 0 Å². The fourth-order valence-corrected chi connectivity index (χ4v) is 4.68. The van der Waals surface area contributed by atoms with Gasteiger partial charge in [-0.05, 0) is 27.1 Å². The second kappa shape index (κ2) is 12.1. The van der Waals surface area contributed by atoms with E-state index in [0.717, 1.165) is 22.3 Å². The zero-order chi connectivity index (χ0) is 25.7. The molecule has 0 aliphatic carbocycles. The molecule has 13 heteroatoms. The summed E-state index contributed by atoms with van der Waals surface area (Å²) >= 11 is 18.3. The van der Waals surface area contributed by atoms with Crippen LogP contribution in [0.3, 0.4) is 0 Å². The summed E-state index contributed by atoms with van der Waals surface area (Å²) in [6, 6.07) is 15.2. The van der Waals surface area contributed by atoms with E-state index in [9.17, 15) is 9.90 Å². The normalized spacial score (nSPS) is 20.3. The summed E-state index contributed by atoms with van der Waals surface area (Å²) in [5.74, 6) is -0.0514. The highest BCUT2D eigenvalue weighted by atomic mass is 35.6. The van der Waals surface area contributed by atoms with Gasteiger partial charge in [-0.1, -0.05) is 95.1 Å². The Morgan fingerprint density at radius 2 is 1.78 bits per heavy atom.